The van der Waals surface area contributed by atoms with Crippen molar-refractivity contribution in [3.05, 3.63) is 35.4 Å². The van der Waals surface area contributed by atoms with Gasteiger partial charge in [-0.2, -0.15) is 0 Å². The van der Waals surface area contributed by atoms with Gasteiger partial charge in [0.05, 0.1) is 12.5 Å². The van der Waals surface area contributed by atoms with Gasteiger partial charge in [-0.15, -0.1) is 6.42 Å². The van der Waals surface area contributed by atoms with Crippen LogP contribution in [0.3, 0.4) is 0 Å². The number of carbonyl (C=O) groups excluding carboxylic acids is 1. The minimum absolute atomic E-state index is 0.209. The molecule has 0 heterocycles. The Bertz CT molecular complexity index is 719. The van der Waals surface area contributed by atoms with E-state index in [1.54, 1.807) is 6.92 Å². The maximum Gasteiger partial charge on any atom is 0.313 e. The van der Waals surface area contributed by atoms with E-state index in [2.05, 4.69) is 29.6 Å². The lowest BCUT2D eigenvalue weighted by Gasteiger charge is -2.21. The number of hydrogen-bond donors (Lipinski definition) is 1. The van der Waals surface area contributed by atoms with Crippen molar-refractivity contribution in [1.82, 2.24) is 0 Å². The van der Waals surface area contributed by atoms with Crippen molar-refractivity contribution in [3.8, 4) is 36.0 Å². The zero-order chi connectivity index (χ0) is 17.3. The predicted molar refractivity (Wildman–Crippen MR) is 90.0 cm³/mol. The quantitative estimate of drug-likeness (QED) is 0.688. The second-order valence-electron chi connectivity index (χ2n) is 5.41. The van der Waals surface area contributed by atoms with Gasteiger partial charge in [0.25, 0.3) is 0 Å². The van der Waals surface area contributed by atoms with E-state index >= 15 is 0 Å². The first kappa shape index (κ1) is 18.4. The summed E-state index contributed by atoms with van der Waals surface area (Å²) in [6.07, 6.45) is 4.43. The number of aliphatic hydroxyl groups is 1. The van der Waals surface area contributed by atoms with Gasteiger partial charge in [0.1, 0.15) is 0 Å². The number of terminal acetylenes is 1. The fraction of sp³-hybridized carbons (Fsp3) is 0.350. The molecule has 0 spiro atoms. The Morgan fingerprint density at radius 1 is 1.35 bits per heavy atom. The monoisotopic (exact) mass is 308 g/mol. The van der Waals surface area contributed by atoms with Crippen LogP contribution in [0.4, 0.5) is 0 Å². The summed E-state index contributed by atoms with van der Waals surface area (Å²) in [6.45, 7) is 3.72. The Balaban J connectivity index is 2.91. The van der Waals surface area contributed by atoms with E-state index in [9.17, 15) is 9.90 Å². The zero-order valence-corrected chi connectivity index (χ0v) is 13.6. The topological polar surface area (TPSA) is 46.5 Å². The number of esters is 1. The van der Waals surface area contributed by atoms with Gasteiger partial charge in [-0.25, -0.2) is 0 Å². The van der Waals surface area contributed by atoms with E-state index in [-0.39, 0.29) is 12.4 Å². The number of rotatable bonds is 3. The van der Waals surface area contributed by atoms with Crippen LogP contribution in [0, 0.1) is 48.4 Å². The molecule has 0 radical (unpaired) electrons. The Labute approximate surface area is 138 Å². The molecule has 1 aromatic rings. The van der Waals surface area contributed by atoms with E-state index < -0.39 is 11.5 Å². The van der Waals surface area contributed by atoms with Crippen LogP contribution < -0.4 is 0 Å². The molecule has 0 bridgehead atoms. The molecule has 1 rings (SSSR count). The van der Waals surface area contributed by atoms with Crippen molar-refractivity contribution >= 4 is 5.97 Å². The third-order valence-electron chi connectivity index (χ3n) is 3.40. The van der Waals surface area contributed by atoms with E-state index in [1.165, 1.54) is 7.11 Å². The average Bonchev–Trinajstić information content (AvgIpc) is 2.55. The van der Waals surface area contributed by atoms with Gasteiger partial charge in [-0.3, -0.25) is 4.79 Å². The Kier molecular flexibility index (Phi) is 6.95. The summed E-state index contributed by atoms with van der Waals surface area (Å²) in [7, 11) is 1.33. The van der Waals surface area contributed by atoms with Crippen LogP contribution in [0.15, 0.2) is 24.3 Å². The zero-order valence-electron chi connectivity index (χ0n) is 13.6. The third-order valence-corrected chi connectivity index (χ3v) is 3.40. The highest BCUT2D eigenvalue weighted by molar-refractivity contribution is 5.77. The molecule has 0 saturated heterocycles. The van der Waals surface area contributed by atoms with Crippen molar-refractivity contribution in [3.63, 3.8) is 0 Å². The number of aryl methyl sites for hydroxylation is 1. The minimum atomic E-state index is -1.13. The largest absolute Gasteiger partial charge is 0.469 e. The SMILES string of the molecule is C#CC(O)C#CCC(C)(CC#Cc1ccccc1C)C(=O)OC. The molecule has 0 saturated carbocycles. The predicted octanol–water partition coefficient (Wildman–Crippen LogP) is 2.30. The number of carbonyl (C=O) groups is 1. The molecular weight excluding hydrogens is 288 g/mol. The Morgan fingerprint density at radius 3 is 2.61 bits per heavy atom. The molecule has 3 nitrogen and oxygen atoms in total. The molecule has 118 valence electrons. The number of ether oxygens (including phenoxy) is 1. The minimum Gasteiger partial charge on any atom is -0.469 e. The summed E-state index contributed by atoms with van der Waals surface area (Å²) in [5, 5.41) is 9.25. The lowest BCUT2D eigenvalue weighted by atomic mass is 9.83. The lowest BCUT2D eigenvalue weighted by molar-refractivity contribution is -0.151. The van der Waals surface area contributed by atoms with E-state index in [1.807, 2.05) is 31.2 Å². The molecular formula is C20H20O3. The van der Waals surface area contributed by atoms with Gasteiger partial charge >= 0.3 is 5.97 Å². The highest BCUT2D eigenvalue weighted by Gasteiger charge is 2.32. The summed E-state index contributed by atoms with van der Waals surface area (Å²) in [4.78, 5) is 12.0. The standard InChI is InChI=1S/C20H20O3/c1-5-18(21)13-9-15-20(3,19(22)23-4)14-8-12-17-11-7-6-10-16(17)2/h1,6-7,10-11,18,21H,14-15H2,2-4H3. The first-order valence-corrected chi connectivity index (χ1v) is 7.18. The van der Waals surface area contributed by atoms with Gasteiger partial charge in [0.2, 0.25) is 0 Å². The van der Waals surface area contributed by atoms with E-state index in [4.69, 9.17) is 11.2 Å². The molecule has 0 aliphatic rings. The molecule has 3 heteroatoms. The van der Waals surface area contributed by atoms with Crippen molar-refractivity contribution < 1.29 is 14.6 Å². The average molecular weight is 308 g/mol. The maximum atomic E-state index is 12.0. The normalized spacial score (nSPS) is 13.2. The van der Waals surface area contributed by atoms with Gasteiger partial charge in [-0.05, 0) is 25.5 Å². The smallest absolute Gasteiger partial charge is 0.313 e. The van der Waals surface area contributed by atoms with Crippen LogP contribution in [0.25, 0.3) is 0 Å². The Morgan fingerprint density at radius 2 is 2.00 bits per heavy atom. The molecule has 23 heavy (non-hydrogen) atoms. The van der Waals surface area contributed by atoms with Gasteiger partial charge < -0.3 is 9.84 Å². The number of aliphatic hydroxyl groups excluding tert-OH is 1. The van der Waals surface area contributed by atoms with Crippen molar-refractivity contribution in [2.24, 2.45) is 5.41 Å². The molecule has 0 fully saturated rings. The molecule has 0 aromatic heterocycles. The first-order chi connectivity index (χ1) is 10.9. The summed E-state index contributed by atoms with van der Waals surface area (Å²) in [5.41, 5.74) is 1.14. The Hall–Kier alpha value is -2.67. The fourth-order valence-corrected chi connectivity index (χ4v) is 1.89. The number of methoxy groups -OCH3 is 1. The molecule has 1 aromatic carbocycles. The van der Waals surface area contributed by atoms with E-state index in [0.717, 1.165) is 11.1 Å². The number of hydrogen-bond acceptors (Lipinski definition) is 3. The second kappa shape index (κ2) is 8.70. The third kappa shape index (κ3) is 5.55. The molecule has 0 aliphatic heterocycles. The van der Waals surface area contributed by atoms with Gasteiger partial charge in [-0.1, -0.05) is 47.8 Å². The maximum absolute atomic E-state index is 12.0. The van der Waals surface area contributed by atoms with Crippen LogP contribution in [0.2, 0.25) is 0 Å². The van der Waals surface area contributed by atoms with Gasteiger partial charge in [0, 0.05) is 18.4 Å². The molecule has 1 N–H and O–H groups in total. The van der Waals surface area contributed by atoms with Crippen LogP contribution in [0.1, 0.15) is 30.9 Å². The van der Waals surface area contributed by atoms with Gasteiger partial charge in [0.15, 0.2) is 6.10 Å². The van der Waals surface area contributed by atoms with Crippen molar-refractivity contribution in [2.75, 3.05) is 7.11 Å². The van der Waals surface area contributed by atoms with Crippen LogP contribution in [0.5, 0.6) is 0 Å². The second-order valence-corrected chi connectivity index (χ2v) is 5.41. The molecule has 2 atom stereocenters. The van der Waals surface area contributed by atoms with Crippen LogP contribution in [-0.4, -0.2) is 24.3 Å². The van der Waals surface area contributed by atoms with Crippen LogP contribution >= 0.6 is 0 Å². The van der Waals surface area contributed by atoms with E-state index in [0.29, 0.717) is 6.42 Å². The summed E-state index contributed by atoms with van der Waals surface area (Å²) < 4.78 is 4.85. The summed E-state index contributed by atoms with van der Waals surface area (Å²) >= 11 is 0. The van der Waals surface area contributed by atoms with Crippen molar-refractivity contribution in [1.29, 1.82) is 0 Å². The first-order valence-electron chi connectivity index (χ1n) is 7.18. The molecule has 2 unspecified atom stereocenters. The van der Waals surface area contributed by atoms with Crippen LogP contribution in [-0.2, 0) is 9.53 Å². The highest BCUT2D eigenvalue weighted by Crippen LogP contribution is 2.27. The molecule has 0 aliphatic carbocycles. The molecule has 0 amide bonds. The summed E-state index contributed by atoms with van der Waals surface area (Å²) in [5.74, 6) is 13.1. The fourth-order valence-electron chi connectivity index (χ4n) is 1.89. The van der Waals surface area contributed by atoms with Crippen molar-refractivity contribution in [2.45, 2.75) is 32.8 Å². The highest BCUT2D eigenvalue weighted by atomic mass is 16.5. The summed E-state index contributed by atoms with van der Waals surface area (Å²) in [6, 6.07) is 7.78. The number of benzene rings is 1. The lowest BCUT2D eigenvalue weighted by Crippen LogP contribution is -2.28.